The normalized spacial score (nSPS) is 14.2. The Balaban J connectivity index is 1.74. The second kappa shape index (κ2) is 6.57. The van der Waals surface area contributed by atoms with E-state index in [0.717, 1.165) is 11.0 Å². The number of nitrogens with one attached hydrogen (secondary N) is 1. The summed E-state index contributed by atoms with van der Waals surface area (Å²) in [6, 6.07) is 11.9. The van der Waals surface area contributed by atoms with Crippen LogP contribution in [0.15, 0.2) is 40.9 Å². The Morgan fingerprint density at radius 3 is 2.62 bits per heavy atom. The van der Waals surface area contributed by atoms with E-state index in [1.165, 1.54) is 18.4 Å². The molecule has 3 rings (SSSR count). The van der Waals surface area contributed by atoms with Crippen LogP contribution in [0, 0.1) is 0 Å². The molecule has 1 aliphatic rings. The summed E-state index contributed by atoms with van der Waals surface area (Å²) in [5.41, 5.74) is 1.22. The number of ether oxygens (including phenoxy) is 1. The molecule has 2 aromatic rings. The van der Waals surface area contributed by atoms with Crippen LogP contribution in [0.2, 0.25) is 10.0 Å². The fraction of sp³-hybridized carbons (Fsp3) is 0.250. The summed E-state index contributed by atoms with van der Waals surface area (Å²) in [7, 11) is 0. The first kappa shape index (κ1) is 15.2. The monoisotopic (exact) mass is 385 g/mol. The summed E-state index contributed by atoms with van der Waals surface area (Å²) in [5, 5.41) is 4.61. The van der Waals surface area contributed by atoms with Crippen molar-refractivity contribution < 1.29 is 4.74 Å². The maximum Gasteiger partial charge on any atom is 0.147 e. The van der Waals surface area contributed by atoms with Crippen molar-refractivity contribution in [1.29, 1.82) is 0 Å². The molecule has 1 aliphatic carbocycles. The zero-order valence-corrected chi connectivity index (χ0v) is 14.3. The third-order valence-corrected chi connectivity index (χ3v) is 4.45. The highest BCUT2D eigenvalue weighted by atomic mass is 79.9. The summed E-state index contributed by atoms with van der Waals surface area (Å²) in [4.78, 5) is 0. The SMILES string of the molecule is Clc1ccc(Cl)c(Oc2ccc(CNC3CC3)cc2Br)c1. The van der Waals surface area contributed by atoms with Gasteiger partial charge in [-0.1, -0.05) is 29.3 Å². The van der Waals surface area contributed by atoms with Gasteiger partial charge in [-0.15, -0.1) is 0 Å². The fourth-order valence-electron chi connectivity index (χ4n) is 1.96. The molecule has 1 fully saturated rings. The Hall–Kier alpha value is -0.740. The summed E-state index contributed by atoms with van der Waals surface area (Å²) in [6.45, 7) is 0.876. The highest BCUT2D eigenvalue weighted by molar-refractivity contribution is 9.10. The van der Waals surface area contributed by atoms with Gasteiger partial charge < -0.3 is 10.1 Å². The third-order valence-electron chi connectivity index (χ3n) is 3.28. The molecule has 110 valence electrons. The van der Waals surface area contributed by atoms with Gasteiger partial charge in [-0.05, 0) is 58.6 Å². The maximum absolute atomic E-state index is 6.11. The van der Waals surface area contributed by atoms with Crippen LogP contribution in [0.1, 0.15) is 18.4 Å². The van der Waals surface area contributed by atoms with E-state index in [9.17, 15) is 0 Å². The standard InChI is InChI=1S/C16H14BrCl2NO/c17-13-7-10(9-20-12-3-4-12)1-6-15(13)21-16-8-11(18)2-5-14(16)19/h1-2,5-8,12,20H,3-4,9H2. The Kier molecular flexibility index (Phi) is 4.75. The molecule has 0 amide bonds. The lowest BCUT2D eigenvalue weighted by Gasteiger charge is -2.11. The first-order chi connectivity index (χ1) is 10.1. The van der Waals surface area contributed by atoms with E-state index in [4.69, 9.17) is 27.9 Å². The molecule has 0 radical (unpaired) electrons. The van der Waals surface area contributed by atoms with E-state index in [0.29, 0.717) is 27.6 Å². The van der Waals surface area contributed by atoms with Crippen LogP contribution in [-0.2, 0) is 6.54 Å². The van der Waals surface area contributed by atoms with Crippen molar-refractivity contribution in [2.24, 2.45) is 0 Å². The van der Waals surface area contributed by atoms with Crippen LogP contribution in [0.3, 0.4) is 0 Å². The van der Waals surface area contributed by atoms with Gasteiger partial charge in [-0.25, -0.2) is 0 Å². The van der Waals surface area contributed by atoms with E-state index in [1.807, 2.05) is 12.1 Å². The molecule has 0 bridgehead atoms. The Morgan fingerprint density at radius 2 is 1.90 bits per heavy atom. The van der Waals surface area contributed by atoms with Crippen LogP contribution in [-0.4, -0.2) is 6.04 Å². The predicted molar refractivity (Wildman–Crippen MR) is 90.5 cm³/mol. The lowest BCUT2D eigenvalue weighted by atomic mass is 10.2. The number of rotatable bonds is 5. The van der Waals surface area contributed by atoms with Gasteiger partial charge in [0.1, 0.15) is 11.5 Å². The number of hydrogen-bond donors (Lipinski definition) is 1. The minimum absolute atomic E-state index is 0.533. The predicted octanol–water partition coefficient (Wildman–Crippen LogP) is 5.80. The van der Waals surface area contributed by atoms with Gasteiger partial charge in [0.25, 0.3) is 0 Å². The first-order valence-electron chi connectivity index (χ1n) is 6.76. The molecule has 0 heterocycles. The van der Waals surface area contributed by atoms with Crippen molar-refractivity contribution in [2.45, 2.75) is 25.4 Å². The molecule has 0 aromatic heterocycles. The summed E-state index contributed by atoms with van der Waals surface area (Å²) < 4.78 is 6.73. The summed E-state index contributed by atoms with van der Waals surface area (Å²) in [6.07, 6.45) is 2.57. The Bertz CT molecular complexity index is 659. The average molecular weight is 387 g/mol. The quantitative estimate of drug-likeness (QED) is 0.700. The molecule has 0 unspecified atom stereocenters. The maximum atomic E-state index is 6.11. The molecule has 0 aliphatic heterocycles. The second-order valence-corrected chi connectivity index (χ2v) is 6.79. The summed E-state index contributed by atoms with van der Waals surface area (Å²) in [5.74, 6) is 1.27. The highest BCUT2D eigenvalue weighted by Gasteiger charge is 2.20. The molecule has 5 heteroatoms. The molecule has 1 saturated carbocycles. The van der Waals surface area contributed by atoms with Crippen LogP contribution in [0.25, 0.3) is 0 Å². The van der Waals surface area contributed by atoms with Crippen molar-refractivity contribution in [2.75, 3.05) is 0 Å². The number of benzene rings is 2. The lowest BCUT2D eigenvalue weighted by molar-refractivity contribution is 0.479. The van der Waals surface area contributed by atoms with Crippen molar-refractivity contribution in [3.8, 4) is 11.5 Å². The molecule has 21 heavy (non-hydrogen) atoms. The smallest absolute Gasteiger partial charge is 0.147 e. The Morgan fingerprint density at radius 1 is 1.10 bits per heavy atom. The first-order valence-corrected chi connectivity index (χ1v) is 8.31. The topological polar surface area (TPSA) is 21.3 Å². The minimum atomic E-state index is 0.533. The molecule has 0 saturated heterocycles. The molecule has 2 nitrogen and oxygen atoms in total. The average Bonchev–Trinajstić information content (AvgIpc) is 3.27. The zero-order valence-electron chi connectivity index (χ0n) is 11.2. The highest BCUT2D eigenvalue weighted by Crippen LogP contribution is 2.35. The van der Waals surface area contributed by atoms with E-state index in [-0.39, 0.29) is 0 Å². The van der Waals surface area contributed by atoms with Gasteiger partial charge in [0.15, 0.2) is 0 Å². The largest absolute Gasteiger partial charge is 0.455 e. The van der Waals surface area contributed by atoms with Crippen LogP contribution in [0.4, 0.5) is 0 Å². The van der Waals surface area contributed by atoms with E-state index >= 15 is 0 Å². The van der Waals surface area contributed by atoms with Crippen molar-refractivity contribution in [3.63, 3.8) is 0 Å². The fourth-order valence-corrected chi connectivity index (χ4v) is 2.79. The van der Waals surface area contributed by atoms with Crippen molar-refractivity contribution in [3.05, 3.63) is 56.5 Å². The van der Waals surface area contributed by atoms with Crippen LogP contribution < -0.4 is 10.1 Å². The summed E-state index contributed by atoms with van der Waals surface area (Å²) >= 11 is 15.6. The second-order valence-electron chi connectivity index (χ2n) is 5.10. The van der Waals surface area contributed by atoms with Gasteiger partial charge in [0.2, 0.25) is 0 Å². The van der Waals surface area contributed by atoms with Gasteiger partial charge >= 0.3 is 0 Å². The van der Waals surface area contributed by atoms with E-state index < -0.39 is 0 Å². The van der Waals surface area contributed by atoms with Gasteiger partial charge in [-0.2, -0.15) is 0 Å². The van der Waals surface area contributed by atoms with Gasteiger partial charge in [-0.3, -0.25) is 0 Å². The van der Waals surface area contributed by atoms with E-state index in [1.54, 1.807) is 18.2 Å². The number of halogens is 3. The Labute approximate surface area is 142 Å². The zero-order chi connectivity index (χ0) is 14.8. The molecule has 1 N–H and O–H groups in total. The lowest BCUT2D eigenvalue weighted by Crippen LogP contribution is -2.15. The third kappa shape index (κ3) is 4.13. The van der Waals surface area contributed by atoms with Gasteiger partial charge in [0, 0.05) is 23.7 Å². The molecular formula is C16H14BrCl2NO. The van der Waals surface area contributed by atoms with Crippen molar-refractivity contribution in [1.82, 2.24) is 5.32 Å². The van der Waals surface area contributed by atoms with Crippen molar-refractivity contribution >= 4 is 39.1 Å². The molecule has 0 atom stereocenters. The van der Waals surface area contributed by atoms with Gasteiger partial charge in [0.05, 0.1) is 9.50 Å². The number of hydrogen-bond acceptors (Lipinski definition) is 2. The van der Waals surface area contributed by atoms with Crippen LogP contribution in [0.5, 0.6) is 11.5 Å². The molecule has 2 aromatic carbocycles. The molecule has 0 spiro atoms. The van der Waals surface area contributed by atoms with Crippen LogP contribution >= 0.6 is 39.1 Å². The minimum Gasteiger partial charge on any atom is -0.455 e. The van der Waals surface area contributed by atoms with E-state index in [2.05, 4.69) is 27.3 Å². The molecular weight excluding hydrogens is 373 g/mol.